The summed E-state index contributed by atoms with van der Waals surface area (Å²) in [6.07, 6.45) is -0.619. The first-order valence-electron chi connectivity index (χ1n) is 6.75. The van der Waals surface area contributed by atoms with Crippen molar-refractivity contribution in [2.75, 3.05) is 0 Å². The monoisotopic (exact) mass is 299 g/mol. The Bertz CT molecular complexity index is 609. The van der Waals surface area contributed by atoms with Gasteiger partial charge in [-0.25, -0.2) is 13.6 Å². The van der Waals surface area contributed by atoms with Crippen LogP contribution in [0.4, 0.5) is 8.78 Å². The largest absolute Gasteiger partial charge is 0.426 e. The van der Waals surface area contributed by atoms with Gasteiger partial charge in [0.15, 0.2) is 0 Å². The molecule has 1 aromatic rings. The number of hydrogen-bond donors (Lipinski definition) is 1. The number of hydrogen-bond acceptors (Lipinski definition) is 4. The van der Waals surface area contributed by atoms with Gasteiger partial charge in [-0.15, -0.1) is 0 Å². The summed E-state index contributed by atoms with van der Waals surface area (Å²) >= 11 is 0. The third kappa shape index (κ3) is 3.96. The first-order valence-corrected chi connectivity index (χ1v) is 6.75. The molecule has 2 rings (SSSR count). The predicted molar refractivity (Wildman–Crippen MR) is 69.3 cm³/mol. The van der Waals surface area contributed by atoms with Gasteiger partial charge in [-0.1, -0.05) is 6.42 Å². The molecule has 0 saturated carbocycles. The SMILES string of the molecule is O=C1Cc2oc(=O)cc(CCCCCC(F)F)c2C(=O)N1. The number of rotatable bonds is 6. The standard InChI is InChI=1S/C14H15F2NO4/c15-10(16)5-3-1-2-4-8-6-12(19)21-9-7-11(18)17-14(20)13(8)9/h6,10H,1-5,7H2,(H,17,18,20). The second kappa shape index (κ2) is 6.60. The molecule has 2 amide bonds. The quantitative estimate of drug-likeness (QED) is 0.642. The number of unbranched alkanes of at least 4 members (excludes halogenated alkanes) is 2. The van der Waals surface area contributed by atoms with E-state index in [0.29, 0.717) is 31.2 Å². The molecule has 0 aliphatic carbocycles. The van der Waals surface area contributed by atoms with E-state index in [1.54, 1.807) is 0 Å². The molecule has 1 aliphatic rings. The fourth-order valence-corrected chi connectivity index (χ4v) is 2.36. The van der Waals surface area contributed by atoms with Gasteiger partial charge in [0, 0.05) is 12.5 Å². The van der Waals surface area contributed by atoms with E-state index in [1.165, 1.54) is 6.07 Å². The lowest BCUT2D eigenvalue weighted by Crippen LogP contribution is -2.38. The minimum absolute atomic E-state index is 0.0823. The smallest absolute Gasteiger partial charge is 0.336 e. The number of nitrogens with one attached hydrogen (secondary N) is 1. The van der Waals surface area contributed by atoms with Gasteiger partial charge in [-0.05, 0) is 24.8 Å². The Morgan fingerprint density at radius 2 is 1.95 bits per heavy atom. The highest BCUT2D eigenvalue weighted by molar-refractivity contribution is 6.09. The normalized spacial score (nSPS) is 14.2. The van der Waals surface area contributed by atoms with Gasteiger partial charge in [0.05, 0.1) is 12.0 Å². The van der Waals surface area contributed by atoms with Gasteiger partial charge >= 0.3 is 5.63 Å². The third-order valence-electron chi connectivity index (χ3n) is 3.29. The molecule has 0 spiro atoms. The van der Waals surface area contributed by atoms with Crippen LogP contribution in [0.15, 0.2) is 15.3 Å². The van der Waals surface area contributed by atoms with Gasteiger partial charge in [0.25, 0.3) is 5.91 Å². The van der Waals surface area contributed by atoms with E-state index in [2.05, 4.69) is 5.32 Å². The zero-order chi connectivity index (χ0) is 15.4. The first kappa shape index (κ1) is 15.3. The van der Waals surface area contributed by atoms with Gasteiger partial charge in [0.2, 0.25) is 12.3 Å². The molecule has 0 bridgehead atoms. The van der Waals surface area contributed by atoms with Crippen molar-refractivity contribution < 1.29 is 22.8 Å². The van der Waals surface area contributed by atoms with Crippen LogP contribution in [0.2, 0.25) is 0 Å². The molecule has 1 aliphatic heterocycles. The van der Waals surface area contributed by atoms with Crippen LogP contribution >= 0.6 is 0 Å². The average molecular weight is 299 g/mol. The molecule has 0 fully saturated rings. The summed E-state index contributed by atoms with van der Waals surface area (Å²) in [6, 6.07) is 1.22. The third-order valence-corrected chi connectivity index (χ3v) is 3.29. The summed E-state index contributed by atoms with van der Waals surface area (Å²) in [5, 5.41) is 2.17. The van der Waals surface area contributed by atoms with E-state index < -0.39 is 23.9 Å². The van der Waals surface area contributed by atoms with E-state index >= 15 is 0 Å². The van der Waals surface area contributed by atoms with Crippen LogP contribution in [0.1, 0.15) is 47.4 Å². The van der Waals surface area contributed by atoms with Gasteiger partial charge in [0.1, 0.15) is 5.76 Å². The van der Waals surface area contributed by atoms with Crippen molar-refractivity contribution in [3.8, 4) is 0 Å². The predicted octanol–water partition coefficient (Wildman–Crippen LogP) is 1.82. The van der Waals surface area contributed by atoms with Crippen LogP contribution in [-0.4, -0.2) is 18.2 Å². The van der Waals surface area contributed by atoms with Crippen molar-refractivity contribution in [3.05, 3.63) is 33.4 Å². The molecule has 7 heteroatoms. The van der Waals surface area contributed by atoms with Crippen molar-refractivity contribution in [2.45, 2.75) is 45.0 Å². The maximum Gasteiger partial charge on any atom is 0.336 e. The minimum atomic E-state index is -2.31. The average Bonchev–Trinajstić information content (AvgIpc) is 2.36. The maximum atomic E-state index is 12.0. The second-order valence-electron chi connectivity index (χ2n) is 4.93. The van der Waals surface area contributed by atoms with Crippen molar-refractivity contribution >= 4 is 11.8 Å². The lowest BCUT2D eigenvalue weighted by atomic mass is 9.97. The molecular formula is C14H15F2NO4. The zero-order valence-corrected chi connectivity index (χ0v) is 11.3. The van der Waals surface area contributed by atoms with Crippen LogP contribution in [-0.2, 0) is 17.6 Å². The number of amides is 2. The number of imide groups is 1. The lowest BCUT2D eigenvalue weighted by Gasteiger charge is -2.16. The Labute approximate surface area is 119 Å². The van der Waals surface area contributed by atoms with Crippen LogP contribution < -0.4 is 10.9 Å². The highest BCUT2D eigenvalue weighted by Crippen LogP contribution is 2.19. The van der Waals surface area contributed by atoms with Crippen molar-refractivity contribution in [3.63, 3.8) is 0 Å². The maximum absolute atomic E-state index is 12.0. The molecule has 1 N–H and O–H groups in total. The fourth-order valence-electron chi connectivity index (χ4n) is 2.36. The van der Waals surface area contributed by atoms with Gasteiger partial charge in [-0.2, -0.15) is 0 Å². The molecule has 114 valence electrons. The highest BCUT2D eigenvalue weighted by Gasteiger charge is 2.27. The fraction of sp³-hybridized carbons (Fsp3) is 0.500. The number of aryl methyl sites for hydroxylation is 1. The summed E-state index contributed by atoms with van der Waals surface area (Å²) in [6.45, 7) is 0. The minimum Gasteiger partial charge on any atom is -0.426 e. The van der Waals surface area contributed by atoms with Crippen LogP contribution in [0.3, 0.4) is 0 Å². The second-order valence-corrected chi connectivity index (χ2v) is 4.93. The van der Waals surface area contributed by atoms with E-state index in [1.807, 2.05) is 0 Å². The number of alkyl halides is 2. The molecule has 1 aromatic heterocycles. The summed E-state index contributed by atoms with van der Waals surface area (Å²) in [5.74, 6) is -1.00. The van der Waals surface area contributed by atoms with E-state index in [9.17, 15) is 23.2 Å². The molecule has 21 heavy (non-hydrogen) atoms. The van der Waals surface area contributed by atoms with Gasteiger partial charge < -0.3 is 4.42 Å². The molecule has 5 nitrogen and oxygen atoms in total. The number of carbonyl (C=O) groups is 2. The molecule has 0 radical (unpaired) electrons. The van der Waals surface area contributed by atoms with E-state index in [4.69, 9.17) is 4.42 Å². The Morgan fingerprint density at radius 3 is 2.67 bits per heavy atom. The Balaban J connectivity index is 2.08. The van der Waals surface area contributed by atoms with Crippen LogP contribution in [0.25, 0.3) is 0 Å². The van der Waals surface area contributed by atoms with Crippen molar-refractivity contribution in [1.82, 2.24) is 5.32 Å². The molecule has 0 unspecified atom stereocenters. The summed E-state index contributed by atoms with van der Waals surface area (Å²) < 4.78 is 28.9. The Hall–Kier alpha value is -2.05. The first-order chi connectivity index (χ1) is 9.97. The molecule has 2 heterocycles. The molecular weight excluding hydrogens is 284 g/mol. The Kier molecular flexibility index (Phi) is 4.82. The van der Waals surface area contributed by atoms with E-state index in [-0.39, 0.29) is 24.2 Å². The molecule has 0 atom stereocenters. The number of carbonyl (C=O) groups excluding carboxylic acids is 2. The number of halogens is 2. The molecule has 0 aromatic carbocycles. The molecule has 0 saturated heterocycles. The summed E-state index contributed by atoms with van der Waals surface area (Å²) in [4.78, 5) is 34.5. The zero-order valence-electron chi connectivity index (χ0n) is 11.3. The summed E-state index contributed by atoms with van der Waals surface area (Å²) in [5.41, 5.74) is 0.116. The van der Waals surface area contributed by atoms with Crippen LogP contribution in [0, 0.1) is 0 Å². The van der Waals surface area contributed by atoms with E-state index in [0.717, 1.165) is 0 Å². The van der Waals surface area contributed by atoms with Crippen molar-refractivity contribution in [2.24, 2.45) is 0 Å². The number of fused-ring (bicyclic) bond motifs is 1. The van der Waals surface area contributed by atoms with Crippen molar-refractivity contribution in [1.29, 1.82) is 0 Å². The highest BCUT2D eigenvalue weighted by atomic mass is 19.3. The van der Waals surface area contributed by atoms with Crippen LogP contribution in [0.5, 0.6) is 0 Å². The summed E-state index contributed by atoms with van der Waals surface area (Å²) in [7, 11) is 0. The lowest BCUT2D eigenvalue weighted by molar-refractivity contribution is -0.120. The van der Waals surface area contributed by atoms with Gasteiger partial charge in [-0.3, -0.25) is 14.9 Å². The Morgan fingerprint density at radius 1 is 1.19 bits per heavy atom. The topological polar surface area (TPSA) is 76.4 Å².